The fraction of sp³-hybridized carbons (Fsp3) is 0.647. The predicted octanol–water partition coefficient (Wildman–Crippen LogP) is 3.35. The van der Waals surface area contributed by atoms with Crippen LogP contribution in [0.3, 0.4) is 0 Å². The molecule has 1 fully saturated rings. The van der Waals surface area contributed by atoms with Crippen LogP contribution in [-0.2, 0) is 6.54 Å². The number of hydrogen-bond acceptors (Lipinski definition) is 3. The molecular weight excluding hydrogens is 266 g/mol. The van der Waals surface area contributed by atoms with E-state index in [1.54, 1.807) is 11.3 Å². The third-order valence-corrected chi connectivity index (χ3v) is 4.97. The number of thiophene rings is 1. The van der Waals surface area contributed by atoms with Gasteiger partial charge in [-0.1, -0.05) is 32.6 Å². The maximum absolute atomic E-state index is 8.72. The highest BCUT2D eigenvalue weighted by Crippen LogP contribution is 2.34. The lowest BCUT2D eigenvalue weighted by Crippen LogP contribution is -2.25. The van der Waals surface area contributed by atoms with Crippen molar-refractivity contribution in [1.29, 1.82) is 0 Å². The minimum Gasteiger partial charge on any atom is -0.395 e. The minimum absolute atomic E-state index is 0.146. The van der Waals surface area contributed by atoms with E-state index in [-0.39, 0.29) is 6.61 Å². The third kappa shape index (κ3) is 4.34. The molecule has 1 aliphatic heterocycles. The summed E-state index contributed by atoms with van der Waals surface area (Å²) in [5.41, 5.74) is 0.422. The van der Waals surface area contributed by atoms with E-state index in [0.29, 0.717) is 11.8 Å². The molecule has 2 rings (SSSR count). The highest BCUT2D eigenvalue weighted by Gasteiger charge is 2.31. The van der Waals surface area contributed by atoms with Crippen LogP contribution in [0.25, 0.3) is 0 Å². The van der Waals surface area contributed by atoms with Crippen LogP contribution in [0.5, 0.6) is 0 Å². The van der Waals surface area contributed by atoms with Crippen LogP contribution in [0.4, 0.5) is 0 Å². The smallest absolute Gasteiger partial charge is 0.0771 e. The van der Waals surface area contributed by atoms with Gasteiger partial charge in [-0.25, -0.2) is 0 Å². The molecule has 1 saturated heterocycles. The van der Waals surface area contributed by atoms with Gasteiger partial charge >= 0.3 is 0 Å². The van der Waals surface area contributed by atoms with E-state index in [9.17, 15) is 0 Å². The topological polar surface area (TPSA) is 23.5 Å². The zero-order valence-electron chi connectivity index (χ0n) is 12.8. The van der Waals surface area contributed by atoms with Gasteiger partial charge in [0.25, 0.3) is 0 Å². The Balaban J connectivity index is 1.88. The second-order valence-corrected chi connectivity index (χ2v) is 7.80. The molecule has 110 valence electrons. The van der Waals surface area contributed by atoms with Crippen molar-refractivity contribution in [3.05, 3.63) is 21.9 Å². The molecule has 1 aromatic rings. The van der Waals surface area contributed by atoms with Crippen LogP contribution in [0.2, 0.25) is 0 Å². The Bertz CT molecular complexity index is 489. The SMILES string of the molecule is CC(C)(C)C1CCN(Cc2ccc(C#CCCO)s2)C1. The number of aliphatic hydroxyl groups excluding tert-OH is 1. The fourth-order valence-corrected chi connectivity index (χ4v) is 3.56. The van der Waals surface area contributed by atoms with E-state index in [2.05, 4.69) is 49.6 Å². The highest BCUT2D eigenvalue weighted by molar-refractivity contribution is 7.12. The summed E-state index contributed by atoms with van der Waals surface area (Å²) in [6.45, 7) is 10.7. The van der Waals surface area contributed by atoms with Crippen molar-refractivity contribution >= 4 is 11.3 Å². The molecule has 20 heavy (non-hydrogen) atoms. The van der Waals surface area contributed by atoms with Crippen molar-refractivity contribution in [3.8, 4) is 11.8 Å². The lowest BCUT2D eigenvalue weighted by atomic mass is 9.80. The van der Waals surface area contributed by atoms with E-state index in [4.69, 9.17) is 5.11 Å². The molecular formula is C17H25NOS. The van der Waals surface area contributed by atoms with Gasteiger partial charge in [-0.05, 0) is 36.4 Å². The summed E-state index contributed by atoms with van der Waals surface area (Å²) in [6, 6.07) is 4.29. The molecule has 1 aliphatic rings. The van der Waals surface area contributed by atoms with E-state index < -0.39 is 0 Å². The molecule has 0 amide bonds. The Kier molecular flexibility index (Phi) is 5.26. The average Bonchev–Trinajstić information content (AvgIpc) is 2.99. The maximum Gasteiger partial charge on any atom is 0.0771 e. The number of rotatable bonds is 3. The van der Waals surface area contributed by atoms with Gasteiger partial charge in [0, 0.05) is 24.4 Å². The summed E-state index contributed by atoms with van der Waals surface area (Å²) in [7, 11) is 0. The Labute approximate surface area is 126 Å². The molecule has 0 saturated carbocycles. The molecule has 2 heterocycles. The number of likely N-dealkylation sites (tertiary alicyclic amines) is 1. The lowest BCUT2D eigenvalue weighted by molar-refractivity contribution is 0.227. The standard InChI is InChI=1S/C17H25NOS/c1-17(2,3)14-9-10-18(12-14)13-16-8-7-15(20-16)6-4-5-11-19/h7-8,14,19H,5,9-13H2,1-3H3. The summed E-state index contributed by atoms with van der Waals surface area (Å²) in [6.07, 6.45) is 1.88. The summed E-state index contributed by atoms with van der Waals surface area (Å²) in [5.74, 6) is 6.91. The Morgan fingerprint density at radius 2 is 2.20 bits per heavy atom. The molecule has 1 N–H and O–H groups in total. The first kappa shape index (κ1) is 15.6. The van der Waals surface area contributed by atoms with Gasteiger partial charge in [0.05, 0.1) is 11.5 Å². The van der Waals surface area contributed by atoms with Crippen LogP contribution in [0.1, 0.15) is 43.4 Å². The van der Waals surface area contributed by atoms with E-state index in [1.807, 2.05) is 0 Å². The summed E-state index contributed by atoms with van der Waals surface area (Å²) in [4.78, 5) is 5.07. The maximum atomic E-state index is 8.72. The van der Waals surface area contributed by atoms with Gasteiger partial charge in [0.1, 0.15) is 0 Å². The quantitative estimate of drug-likeness (QED) is 0.863. The summed E-state index contributed by atoms with van der Waals surface area (Å²) < 4.78 is 0. The van der Waals surface area contributed by atoms with Gasteiger partial charge in [0.2, 0.25) is 0 Å². The van der Waals surface area contributed by atoms with Gasteiger partial charge < -0.3 is 5.11 Å². The molecule has 1 aromatic heterocycles. The second-order valence-electron chi connectivity index (χ2n) is 6.63. The molecule has 0 aliphatic carbocycles. The van der Waals surface area contributed by atoms with Crippen molar-refractivity contribution in [2.45, 2.75) is 40.2 Å². The fourth-order valence-electron chi connectivity index (χ4n) is 2.64. The first-order valence-electron chi connectivity index (χ1n) is 7.40. The minimum atomic E-state index is 0.146. The molecule has 3 heteroatoms. The first-order valence-corrected chi connectivity index (χ1v) is 8.21. The van der Waals surface area contributed by atoms with Crippen LogP contribution < -0.4 is 0 Å². The monoisotopic (exact) mass is 291 g/mol. The normalized spacial score (nSPS) is 19.9. The van der Waals surface area contributed by atoms with Gasteiger partial charge in [-0.15, -0.1) is 11.3 Å². The molecule has 2 nitrogen and oxygen atoms in total. The van der Waals surface area contributed by atoms with Crippen molar-refractivity contribution in [2.75, 3.05) is 19.7 Å². The van der Waals surface area contributed by atoms with E-state index >= 15 is 0 Å². The van der Waals surface area contributed by atoms with Crippen molar-refractivity contribution in [3.63, 3.8) is 0 Å². The molecule has 0 bridgehead atoms. The summed E-state index contributed by atoms with van der Waals surface area (Å²) in [5, 5.41) is 8.72. The van der Waals surface area contributed by atoms with Crippen molar-refractivity contribution in [2.24, 2.45) is 11.3 Å². The van der Waals surface area contributed by atoms with Crippen LogP contribution in [0.15, 0.2) is 12.1 Å². The Morgan fingerprint density at radius 3 is 2.85 bits per heavy atom. The van der Waals surface area contributed by atoms with E-state index in [1.165, 1.54) is 24.4 Å². The predicted molar refractivity (Wildman–Crippen MR) is 85.7 cm³/mol. The number of hydrogen-bond donors (Lipinski definition) is 1. The van der Waals surface area contributed by atoms with Crippen LogP contribution in [0, 0.1) is 23.2 Å². The number of nitrogens with zero attached hydrogens (tertiary/aromatic N) is 1. The molecule has 0 radical (unpaired) electrons. The van der Waals surface area contributed by atoms with Gasteiger partial charge in [-0.2, -0.15) is 0 Å². The van der Waals surface area contributed by atoms with Gasteiger partial charge in [0.15, 0.2) is 0 Å². The average molecular weight is 291 g/mol. The molecule has 1 unspecified atom stereocenters. The van der Waals surface area contributed by atoms with Crippen molar-refractivity contribution in [1.82, 2.24) is 4.90 Å². The van der Waals surface area contributed by atoms with Gasteiger partial charge in [-0.3, -0.25) is 4.90 Å². The molecule has 0 aromatic carbocycles. The lowest BCUT2D eigenvalue weighted by Gasteiger charge is -2.27. The third-order valence-electron chi connectivity index (χ3n) is 3.99. The number of aliphatic hydroxyl groups is 1. The van der Waals surface area contributed by atoms with Crippen LogP contribution >= 0.6 is 11.3 Å². The zero-order chi connectivity index (χ0) is 14.6. The van der Waals surface area contributed by atoms with Crippen molar-refractivity contribution < 1.29 is 5.11 Å². The van der Waals surface area contributed by atoms with Crippen LogP contribution in [-0.4, -0.2) is 29.7 Å². The Morgan fingerprint density at radius 1 is 1.40 bits per heavy atom. The Hall–Kier alpha value is -0.820. The second kappa shape index (κ2) is 6.76. The largest absolute Gasteiger partial charge is 0.395 e. The first-order chi connectivity index (χ1) is 9.49. The highest BCUT2D eigenvalue weighted by atomic mass is 32.1. The zero-order valence-corrected chi connectivity index (χ0v) is 13.6. The molecule has 1 atom stereocenters. The van der Waals surface area contributed by atoms with E-state index in [0.717, 1.165) is 17.3 Å². The summed E-state index contributed by atoms with van der Waals surface area (Å²) >= 11 is 1.78. The molecule has 0 spiro atoms.